The van der Waals surface area contributed by atoms with Gasteiger partial charge in [0.05, 0.1) is 12.1 Å². The van der Waals surface area contributed by atoms with Gasteiger partial charge in [0.25, 0.3) is 0 Å². The molecule has 6 heteroatoms. The molecule has 3 rings (SSSR count). The molecule has 3 atom stereocenters. The fourth-order valence-electron chi connectivity index (χ4n) is 3.90. The fourth-order valence-corrected chi connectivity index (χ4v) is 3.90. The van der Waals surface area contributed by atoms with Crippen LogP contribution in [-0.4, -0.2) is 47.5 Å². The Morgan fingerprint density at radius 3 is 2.96 bits per heavy atom. The summed E-state index contributed by atoms with van der Waals surface area (Å²) in [5, 5.41) is 15.6. The first-order valence-corrected chi connectivity index (χ1v) is 9.28. The van der Waals surface area contributed by atoms with E-state index in [1.54, 1.807) is 12.3 Å². The van der Waals surface area contributed by atoms with Crippen LogP contribution in [0.1, 0.15) is 44.6 Å². The summed E-state index contributed by atoms with van der Waals surface area (Å²) in [7, 11) is 0. The number of carbonyl (C=O) groups excluding carboxylic acids is 1. The zero-order chi connectivity index (χ0) is 17.6. The van der Waals surface area contributed by atoms with Crippen LogP contribution in [0, 0.1) is 17.2 Å². The van der Waals surface area contributed by atoms with Crippen molar-refractivity contribution in [2.24, 2.45) is 5.92 Å². The molecule has 0 bridgehead atoms. The number of nitriles is 1. The van der Waals surface area contributed by atoms with Gasteiger partial charge in [-0.2, -0.15) is 5.26 Å². The molecular formula is C19H27N5O. The highest BCUT2D eigenvalue weighted by atomic mass is 16.2. The smallest absolute Gasteiger partial charge is 0.236 e. The zero-order valence-electron chi connectivity index (χ0n) is 14.9. The predicted octanol–water partition coefficient (Wildman–Crippen LogP) is 2.13. The Hall–Kier alpha value is -2.13. The lowest BCUT2D eigenvalue weighted by Gasteiger charge is -2.23. The first kappa shape index (κ1) is 17.7. The third kappa shape index (κ3) is 4.70. The van der Waals surface area contributed by atoms with Gasteiger partial charge in [0.15, 0.2) is 0 Å². The summed E-state index contributed by atoms with van der Waals surface area (Å²) in [6, 6.07) is 6.53. The van der Waals surface area contributed by atoms with Gasteiger partial charge in [-0.1, -0.05) is 0 Å². The Morgan fingerprint density at radius 2 is 2.28 bits per heavy atom. The van der Waals surface area contributed by atoms with E-state index < -0.39 is 0 Å². The van der Waals surface area contributed by atoms with Crippen molar-refractivity contribution in [3.8, 4) is 6.07 Å². The van der Waals surface area contributed by atoms with E-state index in [0.29, 0.717) is 30.1 Å². The summed E-state index contributed by atoms with van der Waals surface area (Å²) in [5.41, 5.74) is 0.577. The van der Waals surface area contributed by atoms with Gasteiger partial charge < -0.3 is 15.5 Å². The number of nitrogens with zero attached hydrogens (tertiary/aromatic N) is 3. The topological polar surface area (TPSA) is 81.0 Å². The molecule has 2 heterocycles. The van der Waals surface area contributed by atoms with Crippen molar-refractivity contribution in [1.82, 2.24) is 15.2 Å². The summed E-state index contributed by atoms with van der Waals surface area (Å²) in [6.07, 6.45) is 7.23. The second kappa shape index (κ2) is 8.30. The molecule has 0 radical (unpaired) electrons. The molecule has 1 aromatic heterocycles. The number of aromatic nitrogens is 1. The molecule has 0 unspecified atom stereocenters. The van der Waals surface area contributed by atoms with E-state index in [1.807, 2.05) is 11.0 Å². The molecule has 2 fully saturated rings. The molecule has 0 spiro atoms. The van der Waals surface area contributed by atoms with Gasteiger partial charge in [0.2, 0.25) is 5.91 Å². The Balaban J connectivity index is 1.36. The summed E-state index contributed by atoms with van der Waals surface area (Å²) in [4.78, 5) is 18.5. The third-order valence-corrected chi connectivity index (χ3v) is 5.42. The van der Waals surface area contributed by atoms with E-state index in [0.717, 1.165) is 51.0 Å². The van der Waals surface area contributed by atoms with Crippen molar-refractivity contribution in [2.45, 2.75) is 51.1 Å². The minimum Gasteiger partial charge on any atom is -0.370 e. The van der Waals surface area contributed by atoms with Crippen LogP contribution in [-0.2, 0) is 4.79 Å². The molecular weight excluding hydrogens is 314 g/mol. The summed E-state index contributed by atoms with van der Waals surface area (Å²) >= 11 is 0. The number of carbonyl (C=O) groups is 1. The van der Waals surface area contributed by atoms with Crippen molar-refractivity contribution in [3.63, 3.8) is 0 Å². The lowest BCUT2D eigenvalue weighted by molar-refractivity contribution is -0.130. The molecule has 134 valence electrons. The van der Waals surface area contributed by atoms with Gasteiger partial charge >= 0.3 is 0 Å². The first-order valence-electron chi connectivity index (χ1n) is 9.28. The monoisotopic (exact) mass is 341 g/mol. The second-order valence-electron chi connectivity index (χ2n) is 7.26. The van der Waals surface area contributed by atoms with Crippen LogP contribution in [0.25, 0.3) is 0 Å². The normalized spacial score (nSPS) is 25.8. The van der Waals surface area contributed by atoms with Crippen molar-refractivity contribution in [3.05, 3.63) is 23.9 Å². The van der Waals surface area contributed by atoms with Crippen LogP contribution in [0.4, 0.5) is 5.82 Å². The highest BCUT2D eigenvalue weighted by Crippen LogP contribution is 2.26. The predicted molar refractivity (Wildman–Crippen MR) is 97.0 cm³/mol. The van der Waals surface area contributed by atoms with Crippen LogP contribution >= 0.6 is 0 Å². The molecule has 1 aliphatic carbocycles. The molecule has 25 heavy (non-hydrogen) atoms. The molecule has 2 N–H and O–H groups in total. The Morgan fingerprint density at radius 1 is 1.40 bits per heavy atom. The first-order chi connectivity index (χ1) is 12.2. The van der Waals surface area contributed by atoms with Crippen LogP contribution in [0.3, 0.4) is 0 Å². The number of hydrogen-bond donors (Lipinski definition) is 2. The molecule has 1 aliphatic heterocycles. The Kier molecular flexibility index (Phi) is 5.87. The molecule has 1 amide bonds. The summed E-state index contributed by atoms with van der Waals surface area (Å²) < 4.78 is 0. The van der Waals surface area contributed by atoms with Crippen molar-refractivity contribution in [1.29, 1.82) is 5.26 Å². The standard InChI is InChI=1S/C19H27N5O/c1-14-3-2-8-24(14)19(25)13-21-17-6-4-15(9-17)11-22-18-7-5-16(10-20)12-23-18/h5,7,12,14-15,17,21H,2-4,6,8-9,11,13H2,1H3,(H,22,23)/t14-,15-,17+/m1/s1. The van der Waals surface area contributed by atoms with E-state index in [-0.39, 0.29) is 5.91 Å². The zero-order valence-corrected chi connectivity index (χ0v) is 14.9. The van der Waals surface area contributed by atoms with Gasteiger partial charge in [-0.25, -0.2) is 4.98 Å². The molecule has 0 aromatic carbocycles. The van der Waals surface area contributed by atoms with E-state index >= 15 is 0 Å². The second-order valence-corrected chi connectivity index (χ2v) is 7.26. The number of likely N-dealkylation sites (tertiary alicyclic amines) is 1. The highest BCUT2D eigenvalue weighted by molar-refractivity contribution is 5.78. The molecule has 2 aliphatic rings. The Bertz CT molecular complexity index is 624. The van der Waals surface area contributed by atoms with E-state index in [9.17, 15) is 4.79 Å². The van der Waals surface area contributed by atoms with Crippen LogP contribution in [0.5, 0.6) is 0 Å². The maximum atomic E-state index is 12.3. The molecule has 6 nitrogen and oxygen atoms in total. The maximum absolute atomic E-state index is 12.3. The van der Waals surface area contributed by atoms with Gasteiger partial charge in [0, 0.05) is 31.4 Å². The van der Waals surface area contributed by atoms with Gasteiger partial charge in [0.1, 0.15) is 11.9 Å². The van der Waals surface area contributed by atoms with Crippen molar-refractivity contribution >= 4 is 11.7 Å². The maximum Gasteiger partial charge on any atom is 0.236 e. The summed E-state index contributed by atoms with van der Waals surface area (Å²) in [6.45, 7) is 4.40. The van der Waals surface area contributed by atoms with Gasteiger partial charge in [-0.05, 0) is 57.1 Å². The minimum absolute atomic E-state index is 0.244. The average molecular weight is 341 g/mol. The van der Waals surface area contributed by atoms with Crippen molar-refractivity contribution in [2.75, 3.05) is 25.0 Å². The third-order valence-electron chi connectivity index (χ3n) is 5.42. The van der Waals surface area contributed by atoms with E-state index in [1.165, 1.54) is 0 Å². The van der Waals surface area contributed by atoms with Crippen LogP contribution < -0.4 is 10.6 Å². The van der Waals surface area contributed by atoms with Crippen LogP contribution in [0.15, 0.2) is 18.3 Å². The number of rotatable bonds is 6. The number of nitrogens with one attached hydrogen (secondary N) is 2. The minimum atomic E-state index is 0.244. The SMILES string of the molecule is C[C@@H]1CCCN1C(=O)CN[C@H]1CC[C@@H](CNc2ccc(C#N)cn2)C1. The van der Waals surface area contributed by atoms with Crippen LogP contribution in [0.2, 0.25) is 0 Å². The van der Waals surface area contributed by atoms with Gasteiger partial charge in [-0.15, -0.1) is 0 Å². The van der Waals surface area contributed by atoms with E-state index in [2.05, 4.69) is 28.6 Å². The van der Waals surface area contributed by atoms with Crippen molar-refractivity contribution < 1.29 is 4.79 Å². The number of pyridine rings is 1. The summed E-state index contributed by atoms with van der Waals surface area (Å²) in [5.74, 6) is 1.65. The fraction of sp³-hybridized carbons (Fsp3) is 0.632. The lowest BCUT2D eigenvalue weighted by atomic mass is 10.1. The molecule has 1 saturated carbocycles. The Labute approximate surface area is 149 Å². The largest absolute Gasteiger partial charge is 0.370 e. The number of amides is 1. The number of anilines is 1. The highest BCUT2D eigenvalue weighted by Gasteiger charge is 2.28. The van der Waals surface area contributed by atoms with E-state index in [4.69, 9.17) is 5.26 Å². The quantitative estimate of drug-likeness (QED) is 0.828. The number of hydrogen-bond acceptors (Lipinski definition) is 5. The van der Waals surface area contributed by atoms with Gasteiger partial charge in [-0.3, -0.25) is 4.79 Å². The lowest BCUT2D eigenvalue weighted by Crippen LogP contribution is -2.42. The average Bonchev–Trinajstić information content (AvgIpc) is 3.27. The molecule has 1 saturated heterocycles. The molecule has 1 aromatic rings.